The van der Waals surface area contributed by atoms with Crippen LogP contribution in [0.15, 0.2) is 243 Å². The van der Waals surface area contributed by atoms with Gasteiger partial charge in [-0.3, -0.25) is 0 Å². The molecule has 0 saturated carbocycles. The summed E-state index contributed by atoms with van der Waals surface area (Å²) in [6.07, 6.45) is 9.06. The topological polar surface area (TPSA) is 6.48 Å². The summed E-state index contributed by atoms with van der Waals surface area (Å²) >= 11 is 0. The van der Waals surface area contributed by atoms with Crippen molar-refractivity contribution in [2.75, 3.05) is 9.80 Å². The first-order valence-corrected chi connectivity index (χ1v) is 20.8. The quantitative estimate of drug-likeness (QED) is 0.137. The Bertz CT molecular complexity index is 2910. The number of anilines is 6. The van der Waals surface area contributed by atoms with Crippen LogP contribution in [0.5, 0.6) is 0 Å². The first-order chi connectivity index (χ1) is 29.7. The monoisotopic (exact) mass is 768 g/mol. The molecular weight excluding hydrogens is 725 g/mol. The van der Waals surface area contributed by atoms with Crippen molar-refractivity contribution in [3.05, 3.63) is 248 Å². The van der Waals surface area contributed by atoms with Gasteiger partial charge in [0.05, 0.1) is 5.69 Å². The summed E-state index contributed by atoms with van der Waals surface area (Å²) in [7, 11) is 0. The molecule has 60 heavy (non-hydrogen) atoms. The number of allylic oxidation sites excluding steroid dienone is 4. The summed E-state index contributed by atoms with van der Waals surface area (Å²) in [5.41, 5.74) is 16.4. The molecule has 0 saturated heterocycles. The standard InChI is InChI=1S/C58H44N2/c1-4-13-43(14-5-1)46-23-33-52(34-24-46)59(53-35-25-47(26-36-53)44-15-6-2-7-16-44)54-37-27-49(28-38-54)50-31-41-56(42-32-50)60(58-22-12-20-51-19-10-11-21-57(51)58)55-39-29-48(30-40-55)45-17-8-3-9-18-45/h1,3-6,8-42H,2,7H2. The molecule has 0 fully saturated rings. The Morgan fingerprint density at radius 3 is 1.12 bits per heavy atom. The normalized spacial score (nSPS) is 12.2. The van der Waals surface area contributed by atoms with Crippen molar-refractivity contribution in [2.24, 2.45) is 0 Å². The van der Waals surface area contributed by atoms with Crippen LogP contribution in [0, 0.1) is 0 Å². The average Bonchev–Trinajstić information content (AvgIpc) is 3.34. The Hall–Kier alpha value is -7.68. The lowest BCUT2D eigenvalue weighted by atomic mass is 9.99. The minimum atomic E-state index is 1.09. The average molecular weight is 769 g/mol. The van der Waals surface area contributed by atoms with Crippen LogP contribution >= 0.6 is 0 Å². The Kier molecular flexibility index (Phi) is 10.2. The van der Waals surface area contributed by atoms with Gasteiger partial charge in [0.2, 0.25) is 0 Å². The number of nitrogens with zero attached hydrogens (tertiary/aromatic N) is 2. The predicted molar refractivity (Wildman–Crippen MR) is 256 cm³/mol. The fourth-order valence-electron chi connectivity index (χ4n) is 8.38. The van der Waals surface area contributed by atoms with Crippen LogP contribution in [-0.2, 0) is 0 Å². The molecule has 0 radical (unpaired) electrons. The maximum atomic E-state index is 2.37. The lowest BCUT2D eigenvalue weighted by Gasteiger charge is -2.27. The van der Waals surface area contributed by atoms with E-state index < -0.39 is 0 Å². The third-order valence-corrected chi connectivity index (χ3v) is 11.5. The molecule has 0 bridgehead atoms. The Morgan fingerprint density at radius 2 is 0.667 bits per heavy atom. The van der Waals surface area contributed by atoms with Gasteiger partial charge in [0.25, 0.3) is 0 Å². The highest BCUT2D eigenvalue weighted by Gasteiger charge is 2.17. The van der Waals surface area contributed by atoms with Crippen molar-refractivity contribution in [3.8, 4) is 33.4 Å². The summed E-state index contributed by atoms with van der Waals surface area (Å²) in [6, 6.07) is 81.1. The van der Waals surface area contributed by atoms with E-state index in [2.05, 4.69) is 252 Å². The molecule has 2 heteroatoms. The molecule has 286 valence electrons. The number of fused-ring (bicyclic) bond motifs is 1. The van der Waals surface area contributed by atoms with Crippen molar-refractivity contribution in [3.63, 3.8) is 0 Å². The van der Waals surface area contributed by atoms with Crippen molar-refractivity contribution in [1.29, 1.82) is 0 Å². The van der Waals surface area contributed by atoms with E-state index in [0.717, 1.165) is 47.0 Å². The van der Waals surface area contributed by atoms with Crippen molar-refractivity contribution in [1.82, 2.24) is 0 Å². The fraction of sp³-hybridized carbons (Fsp3) is 0.0345. The van der Waals surface area contributed by atoms with E-state index in [4.69, 9.17) is 0 Å². The van der Waals surface area contributed by atoms with Gasteiger partial charge in [-0.1, -0.05) is 176 Å². The number of hydrogen-bond acceptors (Lipinski definition) is 2. The van der Waals surface area contributed by atoms with Gasteiger partial charge in [0.1, 0.15) is 0 Å². The van der Waals surface area contributed by atoms with Gasteiger partial charge in [-0.15, -0.1) is 0 Å². The SMILES string of the molecule is C1=CC(c2ccc(N(c3ccc(-c4ccccc4)cc3)c3ccc(-c4ccc(N(c5ccc(-c6ccccc6)cc5)c5cccc6ccccc56)cc4)cc3)cc2)=CCC1. The van der Waals surface area contributed by atoms with Gasteiger partial charge in [-0.25, -0.2) is 0 Å². The minimum absolute atomic E-state index is 1.09. The summed E-state index contributed by atoms with van der Waals surface area (Å²) < 4.78 is 0. The van der Waals surface area contributed by atoms with Crippen LogP contribution in [-0.4, -0.2) is 0 Å². The van der Waals surface area contributed by atoms with Gasteiger partial charge in [-0.2, -0.15) is 0 Å². The molecule has 0 unspecified atom stereocenters. The zero-order valence-electron chi connectivity index (χ0n) is 33.4. The molecule has 9 aromatic carbocycles. The zero-order valence-corrected chi connectivity index (χ0v) is 33.4. The Labute approximate surface area is 353 Å². The van der Waals surface area contributed by atoms with E-state index >= 15 is 0 Å². The summed E-state index contributed by atoms with van der Waals surface area (Å²) in [6.45, 7) is 0. The fourth-order valence-corrected chi connectivity index (χ4v) is 8.38. The molecule has 0 aliphatic heterocycles. The number of benzene rings is 9. The molecule has 0 amide bonds. The highest BCUT2D eigenvalue weighted by atomic mass is 15.1. The molecule has 0 spiro atoms. The van der Waals surface area contributed by atoms with Crippen LogP contribution in [0.2, 0.25) is 0 Å². The van der Waals surface area contributed by atoms with Crippen molar-refractivity contribution < 1.29 is 0 Å². The predicted octanol–water partition coefficient (Wildman–Crippen LogP) is 16.5. The lowest BCUT2D eigenvalue weighted by molar-refractivity contribution is 1.04. The molecule has 10 rings (SSSR count). The smallest absolute Gasteiger partial charge is 0.0540 e. The second-order valence-corrected chi connectivity index (χ2v) is 15.3. The minimum Gasteiger partial charge on any atom is -0.311 e. The molecule has 2 nitrogen and oxygen atoms in total. The molecule has 1 aliphatic carbocycles. The van der Waals surface area contributed by atoms with E-state index in [0.29, 0.717) is 0 Å². The van der Waals surface area contributed by atoms with E-state index in [1.54, 1.807) is 0 Å². The molecule has 0 atom stereocenters. The first-order valence-electron chi connectivity index (χ1n) is 20.8. The van der Waals surface area contributed by atoms with Crippen molar-refractivity contribution >= 4 is 50.5 Å². The first kappa shape index (κ1) is 36.6. The summed E-state index contributed by atoms with van der Waals surface area (Å²) in [5, 5.41) is 2.43. The van der Waals surface area contributed by atoms with Crippen molar-refractivity contribution in [2.45, 2.75) is 12.8 Å². The Balaban J connectivity index is 0.976. The molecule has 9 aromatic rings. The van der Waals surface area contributed by atoms with Crippen LogP contribution in [0.4, 0.5) is 34.1 Å². The lowest BCUT2D eigenvalue weighted by Crippen LogP contribution is -2.10. The molecule has 1 aliphatic rings. The van der Waals surface area contributed by atoms with Gasteiger partial charge < -0.3 is 9.80 Å². The van der Waals surface area contributed by atoms with Gasteiger partial charge >= 0.3 is 0 Å². The second-order valence-electron chi connectivity index (χ2n) is 15.3. The maximum absolute atomic E-state index is 2.37. The van der Waals surface area contributed by atoms with Gasteiger partial charge in [-0.05, 0) is 129 Å². The molecule has 0 N–H and O–H groups in total. The van der Waals surface area contributed by atoms with Crippen LogP contribution in [0.3, 0.4) is 0 Å². The Morgan fingerprint density at radius 1 is 0.283 bits per heavy atom. The zero-order chi connectivity index (χ0) is 40.1. The molecular formula is C58H44N2. The third kappa shape index (κ3) is 7.55. The highest BCUT2D eigenvalue weighted by molar-refractivity contribution is 5.99. The number of hydrogen-bond donors (Lipinski definition) is 0. The van der Waals surface area contributed by atoms with E-state index in [1.807, 2.05) is 0 Å². The van der Waals surface area contributed by atoms with E-state index in [9.17, 15) is 0 Å². The van der Waals surface area contributed by atoms with Crippen LogP contribution in [0.1, 0.15) is 18.4 Å². The highest BCUT2D eigenvalue weighted by Crippen LogP contribution is 2.41. The van der Waals surface area contributed by atoms with E-state index in [1.165, 1.54) is 55.3 Å². The van der Waals surface area contributed by atoms with Crippen LogP contribution < -0.4 is 9.80 Å². The van der Waals surface area contributed by atoms with Gasteiger partial charge in [0, 0.05) is 33.8 Å². The molecule has 0 aromatic heterocycles. The van der Waals surface area contributed by atoms with Gasteiger partial charge in [0.15, 0.2) is 0 Å². The molecule has 0 heterocycles. The number of rotatable bonds is 10. The van der Waals surface area contributed by atoms with E-state index in [-0.39, 0.29) is 0 Å². The largest absolute Gasteiger partial charge is 0.311 e. The summed E-state index contributed by atoms with van der Waals surface area (Å²) in [4.78, 5) is 4.72. The van der Waals surface area contributed by atoms with Crippen LogP contribution in [0.25, 0.3) is 49.7 Å². The second kappa shape index (κ2) is 16.7. The maximum Gasteiger partial charge on any atom is 0.0540 e. The third-order valence-electron chi connectivity index (χ3n) is 11.5. The summed E-state index contributed by atoms with van der Waals surface area (Å²) in [5.74, 6) is 0.